The Kier molecular flexibility index (Phi) is 8.61. The van der Waals surface area contributed by atoms with Gasteiger partial charge in [-0.3, -0.25) is 18.7 Å². The van der Waals surface area contributed by atoms with E-state index in [1.807, 2.05) is 65.2 Å². The Hall–Kier alpha value is -3.98. The molecular formula is C33H32Cl2N6O2. The van der Waals surface area contributed by atoms with Crippen molar-refractivity contribution in [1.29, 1.82) is 0 Å². The molecule has 1 unspecified atom stereocenters. The number of halogens is 2. The van der Waals surface area contributed by atoms with Crippen molar-refractivity contribution < 1.29 is 4.79 Å². The number of imidazole rings is 1. The maximum atomic E-state index is 14.5. The first-order valence-electron chi connectivity index (χ1n) is 14.4. The Morgan fingerprint density at radius 2 is 1.63 bits per heavy atom. The van der Waals surface area contributed by atoms with Gasteiger partial charge in [0.2, 0.25) is 5.95 Å². The number of ketones is 1. The van der Waals surface area contributed by atoms with Crippen LogP contribution < -0.4 is 16.2 Å². The Balaban J connectivity index is 1.49. The van der Waals surface area contributed by atoms with Crippen LogP contribution in [0.5, 0.6) is 0 Å². The second-order valence-electron chi connectivity index (χ2n) is 11.0. The fourth-order valence-electron chi connectivity index (χ4n) is 5.69. The van der Waals surface area contributed by atoms with Crippen LogP contribution in [0.1, 0.15) is 40.2 Å². The van der Waals surface area contributed by atoms with E-state index in [1.165, 1.54) is 10.6 Å². The first kappa shape index (κ1) is 29.1. The lowest BCUT2D eigenvalue weighted by Crippen LogP contribution is -2.44. The Morgan fingerprint density at radius 3 is 2.33 bits per heavy atom. The number of hydrogen-bond donors (Lipinski definition) is 1. The molecule has 3 heterocycles. The molecule has 3 aromatic carbocycles. The van der Waals surface area contributed by atoms with Crippen molar-refractivity contribution in [1.82, 2.24) is 19.1 Å². The second-order valence-corrected chi connectivity index (χ2v) is 11.8. The van der Waals surface area contributed by atoms with Crippen LogP contribution in [-0.4, -0.2) is 44.0 Å². The smallest absolute Gasteiger partial charge is 0.280 e. The molecule has 2 aromatic heterocycles. The van der Waals surface area contributed by atoms with E-state index in [0.29, 0.717) is 59.5 Å². The summed E-state index contributed by atoms with van der Waals surface area (Å²) in [6.07, 6.45) is 2.98. The molecule has 0 spiro atoms. The van der Waals surface area contributed by atoms with Gasteiger partial charge in [0.15, 0.2) is 16.9 Å². The molecule has 0 bridgehead atoms. The van der Waals surface area contributed by atoms with Crippen molar-refractivity contribution in [3.63, 3.8) is 0 Å². The summed E-state index contributed by atoms with van der Waals surface area (Å²) >= 11 is 12.5. The first-order valence-corrected chi connectivity index (χ1v) is 15.2. The fraction of sp³-hybridized carbons (Fsp3) is 0.273. The van der Waals surface area contributed by atoms with Crippen LogP contribution in [0.15, 0.2) is 83.7 Å². The van der Waals surface area contributed by atoms with Gasteiger partial charge in [-0.2, -0.15) is 4.98 Å². The number of Topliss-reactive ketones (excluding diaryl/α,β-unsaturated/α-hetero) is 1. The predicted octanol–water partition coefficient (Wildman–Crippen LogP) is 5.54. The maximum Gasteiger partial charge on any atom is 0.280 e. The Bertz CT molecular complexity index is 1820. The highest BCUT2D eigenvalue weighted by molar-refractivity contribution is 6.36. The molecule has 0 radical (unpaired) electrons. The molecule has 1 saturated heterocycles. The van der Waals surface area contributed by atoms with Crippen LogP contribution in [0.2, 0.25) is 10.0 Å². The van der Waals surface area contributed by atoms with Crippen molar-refractivity contribution in [3.8, 4) is 0 Å². The van der Waals surface area contributed by atoms with Gasteiger partial charge in [0.1, 0.15) is 5.82 Å². The average molecular weight is 616 g/mol. The minimum Gasteiger partial charge on any atom is -0.341 e. The molecule has 6 rings (SSSR count). The van der Waals surface area contributed by atoms with Gasteiger partial charge in [0.25, 0.3) is 5.56 Å². The molecule has 1 fully saturated rings. The summed E-state index contributed by atoms with van der Waals surface area (Å²) in [5, 5.41) is 0.670. The summed E-state index contributed by atoms with van der Waals surface area (Å²) in [4.78, 5) is 40.0. The van der Waals surface area contributed by atoms with Crippen molar-refractivity contribution in [2.24, 2.45) is 5.73 Å². The molecule has 8 nitrogen and oxygen atoms in total. The number of nitrogens with two attached hydrogens (primary N) is 1. The number of aromatic nitrogens is 4. The zero-order chi connectivity index (χ0) is 29.9. The number of piperidine rings is 1. The van der Waals surface area contributed by atoms with Crippen molar-refractivity contribution in [3.05, 3.63) is 122 Å². The van der Waals surface area contributed by atoms with Crippen molar-refractivity contribution >= 4 is 46.1 Å². The summed E-state index contributed by atoms with van der Waals surface area (Å²) in [7, 11) is 0. The van der Waals surface area contributed by atoms with Crippen LogP contribution in [0, 0.1) is 0 Å². The SMILES string of the molecule is NC1CCCN(c2nc3nc(CCc4ccccc4)n(CC(=O)c4ccc(Cl)cc4Cl)c(=O)c3n2Cc2ccccc2)C1. The van der Waals surface area contributed by atoms with Gasteiger partial charge < -0.3 is 10.6 Å². The third kappa shape index (κ3) is 6.37. The minimum absolute atomic E-state index is 0.0199. The van der Waals surface area contributed by atoms with Crippen LogP contribution >= 0.6 is 23.2 Å². The van der Waals surface area contributed by atoms with Crippen LogP contribution in [0.25, 0.3) is 11.2 Å². The maximum absolute atomic E-state index is 14.5. The van der Waals surface area contributed by atoms with Gasteiger partial charge >= 0.3 is 0 Å². The second kappa shape index (κ2) is 12.7. The zero-order valence-corrected chi connectivity index (χ0v) is 25.1. The highest BCUT2D eigenvalue weighted by Gasteiger charge is 2.27. The van der Waals surface area contributed by atoms with E-state index < -0.39 is 0 Å². The summed E-state index contributed by atoms with van der Waals surface area (Å²) in [5.41, 5.74) is 9.18. The molecule has 1 aliphatic heterocycles. The molecule has 1 aliphatic rings. The minimum atomic E-state index is -0.317. The van der Waals surface area contributed by atoms with Crippen molar-refractivity contribution in [2.75, 3.05) is 18.0 Å². The molecule has 0 amide bonds. The first-order chi connectivity index (χ1) is 20.9. The van der Waals surface area contributed by atoms with Crippen LogP contribution in [0.4, 0.5) is 5.95 Å². The Labute approximate surface area is 259 Å². The van der Waals surface area contributed by atoms with E-state index in [0.717, 1.165) is 30.5 Å². The highest BCUT2D eigenvalue weighted by atomic mass is 35.5. The zero-order valence-electron chi connectivity index (χ0n) is 23.6. The van der Waals surface area contributed by atoms with Gasteiger partial charge in [-0.1, -0.05) is 83.9 Å². The number of benzene rings is 3. The number of carbonyl (C=O) groups excluding carboxylic acids is 1. The number of aryl methyl sites for hydroxylation is 2. The predicted molar refractivity (Wildman–Crippen MR) is 171 cm³/mol. The molecular weight excluding hydrogens is 583 g/mol. The van der Waals surface area contributed by atoms with E-state index in [2.05, 4.69) is 4.90 Å². The summed E-state index contributed by atoms with van der Waals surface area (Å²) in [5.74, 6) is 0.853. The van der Waals surface area contributed by atoms with E-state index in [4.69, 9.17) is 38.9 Å². The molecule has 43 heavy (non-hydrogen) atoms. The third-order valence-corrected chi connectivity index (χ3v) is 8.41. The van der Waals surface area contributed by atoms with Gasteiger partial charge in [-0.25, -0.2) is 4.98 Å². The number of anilines is 1. The number of nitrogens with zero attached hydrogens (tertiary/aromatic N) is 5. The number of carbonyl (C=O) groups is 1. The fourth-order valence-corrected chi connectivity index (χ4v) is 6.21. The molecule has 2 N–H and O–H groups in total. The summed E-state index contributed by atoms with van der Waals surface area (Å²) < 4.78 is 3.41. The number of rotatable bonds is 9. The molecule has 220 valence electrons. The molecule has 10 heteroatoms. The average Bonchev–Trinajstić information content (AvgIpc) is 3.36. The molecule has 0 saturated carbocycles. The molecule has 0 aliphatic carbocycles. The summed E-state index contributed by atoms with van der Waals surface area (Å²) in [6, 6.07) is 24.7. The van der Waals surface area contributed by atoms with Gasteiger partial charge in [0.05, 0.1) is 18.1 Å². The largest absolute Gasteiger partial charge is 0.341 e. The Morgan fingerprint density at radius 1 is 0.907 bits per heavy atom. The third-order valence-electron chi connectivity index (χ3n) is 7.86. The van der Waals surface area contributed by atoms with E-state index in [-0.39, 0.29) is 29.0 Å². The van der Waals surface area contributed by atoms with Gasteiger partial charge in [-0.05, 0) is 48.6 Å². The quantitative estimate of drug-likeness (QED) is 0.219. The highest BCUT2D eigenvalue weighted by Crippen LogP contribution is 2.26. The number of hydrogen-bond acceptors (Lipinski definition) is 6. The normalized spacial score (nSPS) is 15.2. The topological polar surface area (TPSA) is 99.0 Å². The lowest BCUT2D eigenvalue weighted by molar-refractivity contribution is 0.0969. The lowest BCUT2D eigenvalue weighted by Gasteiger charge is -2.31. The van der Waals surface area contributed by atoms with Crippen LogP contribution in [-0.2, 0) is 25.9 Å². The lowest BCUT2D eigenvalue weighted by atomic mass is 10.1. The van der Waals surface area contributed by atoms with E-state index in [9.17, 15) is 9.59 Å². The van der Waals surface area contributed by atoms with Gasteiger partial charge in [-0.15, -0.1) is 0 Å². The van der Waals surface area contributed by atoms with E-state index in [1.54, 1.807) is 12.1 Å². The van der Waals surface area contributed by atoms with Crippen LogP contribution in [0.3, 0.4) is 0 Å². The molecule has 5 aromatic rings. The van der Waals surface area contributed by atoms with Crippen molar-refractivity contribution in [2.45, 2.75) is 44.8 Å². The molecule has 1 atom stereocenters. The monoisotopic (exact) mass is 614 g/mol. The number of fused-ring (bicyclic) bond motifs is 1. The standard InChI is InChI=1S/C33H32Cl2N6O2/c34-24-14-15-26(27(35)18-24)28(42)21-40-29(16-13-22-8-3-1-4-9-22)37-31-30(32(40)43)41(19-23-10-5-2-6-11-23)33(38-31)39-17-7-12-25(36)20-39/h1-6,8-11,14-15,18,25H,7,12-13,16-17,19-21,36H2. The van der Waals surface area contributed by atoms with Gasteiger partial charge in [0, 0.05) is 36.1 Å². The summed E-state index contributed by atoms with van der Waals surface area (Å²) in [6.45, 7) is 1.64. The van der Waals surface area contributed by atoms with E-state index >= 15 is 0 Å².